The molecule has 1 saturated heterocycles. The molecule has 2 rings (SSSR count). The smallest absolute Gasteiger partial charge is 0.202 e. The Bertz CT molecular complexity index is 313. The van der Waals surface area contributed by atoms with E-state index in [-0.39, 0.29) is 0 Å². The molecule has 4 nitrogen and oxygen atoms in total. The summed E-state index contributed by atoms with van der Waals surface area (Å²) < 4.78 is 2.02. The number of nitrogens with zero attached hydrogens (tertiary/aromatic N) is 3. The maximum absolute atomic E-state index is 4.25. The topological polar surface area (TPSA) is 33.1 Å². The summed E-state index contributed by atoms with van der Waals surface area (Å²) in [5.41, 5.74) is 0. The lowest BCUT2D eigenvalue weighted by molar-refractivity contribution is 0.215. The minimum absolute atomic E-state index is 0.893. The highest BCUT2D eigenvalue weighted by Crippen LogP contribution is 2.19. The number of rotatable bonds is 4. The zero-order valence-corrected chi connectivity index (χ0v) is 10.3. The van der Waals surface area contributed by atoms with Gasteiger partial charge in [0, 0.05) is 26.0 Å². The number of anilines is 1. The molecule has 0 radical (unpaired) electrons. The van der Waals surface area contributed by atoms with E-state index in [1.807, 2.05) is 24.0 Å². The van der Waals surface area contributed by atoms with Gasteiger partial charge < -0.3 is 14.8 Å². The standard InChI is InChI=1S/C12H22N4/c1-15-8-4-11(5-9-15)3-6-13-12-14-7-10-16(12)2/h7,10-11H,3-6,8-9H2,1-2H3,(H,13,14). The molecular formula is C12H22N4. The Balaban J connectivity index is 1.67. The molecule has 1 aromatic heterocycles. The summed E-state index contributed by atoms with van der Waals surface area (Å²) in [4.78, 5) is 6.67. The van der Waals surface area contributed by atoms with Gasteiger partial charge in [-0.15, -0.1) is 0 Å². The SMILES string of the molecule is CN1CCC(CCNc2nccn2C)CC1. The predicted octanol–water partition coefficient (Wildman–Crippen LogP) is 1.56. The molecule has 1 fully saturated rings. The van der Waals surface area contributed by atoms with Crippen molar-refractivity contribution in [1.82, 2.24) is 14.5 Å². The van der Waals surface area contributed by atoms with Gasteiger partial charge in [-0.2, -0.15) is 0 Å². The van der Waals surface area contributed by atoms with E-state index in [1.54, 1.807) is 0 Å². The number of aryl methyl sites for hydroxylation is 1. The third-order valence-electron chi connectivity index (χ3n) is 3.50. The molecule has 1 aliphatic rings. The quantitative estimate of drug-likeness (QED) is 0.839. The van der Waals surface area contributed by atoms with Crippen LogP contribution in [0.1, 0.15) is 19.3 Å². The fourth-order valence-corrected chi connectivity index (χ4v) is 2.27. The lowest BCUT2D eigenvalue weighted by Crippen LogP contribution is -2.30. The summed E-state index contributed by atoms with van der Waals surface area (Å²) >= 11 is 0. The first kappa shape index (κ1) is 11.5. The van der Waals surface area contributed by atoms with Gasteiger partial charge in [0.15, 0.2) is 0 Å². The van der Waals surface area contributed by atoms with E-state index < -0.39 is 0 Å². The molecule has 0 atom stereocenters. The first-order valence-electron chi connectivity index (χ1n) is 6.15. The van der Waals surface area contributed by atoms with E-state index >= 15 is 0 Å². The number of likely N-dealkylation sites (tertiary alicyclic amines) is 1. The van der Waals surface area contributed by atoms with Gasteiger partial charge >= 0.3 is 0 Å². The third kappa shape index (κ3) is 2.98. The van der Waals surface area contributed by atoms with Crippen molar-refractivity contribution in [1.29, 1.82) is 0 Å². The van der Waals surface area contributed by atoms with Crippen LogP contribution in [0.25, 0.3) is 0 Å². The Morgan fingerprint density at radius 3 is 2.75 bits per heavy atom. The van der Waals surface area contributed by atoms with E-state index in [4.69, 9.17) is 0 Å². The van der Waals surface area contributed by atoms with Crippen molar-refractivity contribution in [2.24, 2.45) is 13.0 Å². The average Bonchev–Trinajstić information content (AvgIpc) is 2.68. The lowest BCUT2D eigenvalue weighted by Gasteiger charge is -2.28. The van der Waals surface area contributed by atoms with Gasteiger partial charge in [0.25, 0.3) is 0 Å². The van der Waals surface area contributed by atoms with E-state index in [1.165, 1.54) is 32.4 Å². The zero-order chi connectivity index (χ0) is 11.4. The van der Waals surface area contributed by atoms with Crippen molar-refractivity contribution >= 4 is 5.95 Å². The number of nitrogens with one attached hydrogen (secondary N) is 1. The Morgan fingerprint density at radius 2 is 2.12 bits per heavy atom. The van der Waals surface area contributed by atoms with Crippen LogP contribution in [0.4, 0.5) is 5.95 Å². The van der Waals surface area contributed by atoms with Crippen LogP contribution in [-0.4, -0.2) is 41.1 Å². The highest BCUT2D eigenvalue weighted by Gasteiger charge is 2.15. The molecule has 0 aromatic carbocycles. The molecule has 0 aliphatic carbocycles. The van der Waals surface area contributed by atoms with Gasteiger partial charge in [-0.1, -0.05) is 0 Å². The summed E-state index contributed by atoms with van der Waals surface area (Å²) in [6.45, 7) is 3.55. The minimum Gasteiger partial charge on any atom is -0.356 e. The number of piperidine rings is 1. The van der Waals surface area contributed by atoms with Crippen LogP contribution in [0.5, 0.6) is 0 Å². The molecule has 16 heavy (non-hydrogen) atoms. The van der Waals surface area contributed by atoms with Crippen LogP contribution in [0, 0.1) is 5.92 Å². The van der Waals surface area contributed by atoms with Crippen molar-refractivity contribution in [3.8, 4) is 0 Å². The molecule has 4 heteroatoms. The average molecular weight is 222 g/mol. The number of imidazole rings is 1. The van der Waals surface area contributed by atoms with Gasteiger partial charge in [0.1, 0.15) is 0 Å². The second-order valence-corrected chi connectivity index (χ2v) is 4.82. The van der Waals surface area contributed by atoms with Gasteiger partial charge in [-0.25, -0.2) is 4.98 Å². The van der Waals surface area contributed by atoms with E-state index in [0.717, 1.165) is 18.4 Å². The normalized spacial score (nSPS) is 18.9. The minimum atomic E-state index is 0.893. The number of hydrogen-bond donors (Lipinski definition) is 1. The summed E-state index contributed by atoms with van der Waals surface area (Å²) in [5, 5.41) is 3.39. The predicted molar refractivity (Wildman–Crippen MR) is 66.5 cm³/mol. The second-order valence-electron chi connectivity index (χ2n) is 4.82. The van der Waals surface area contributed by atoms with Crippen LogP contribution < -0.4 is 5.32 Å². The van der Waals surface area contributed by atoms with Crippen molar-refractivity contribution in [3.63, 3.8) is 0 Å². The van der Waals surface area contributed by atoms with Gasteiger partial charge in [0.2, 0.25) is 5.95 Å². The lowest BCUT2D eigenvalue weighted by atomic mass is 9.94. The monoisotopic (exact) mass is 222 g/mol. The highest BCUT2D eigenvalue weighted by molar-refractivity contribution is 5.24. The highest BCUT2D eigenvalue weighted by atomic mass is 15.2. The Kier molecular flexibility index (Phi) is 3.83. The summed E-state index contributed by atoms with van der Waals surface area (Å²) in [6, 6.07) is 0. The van der Waals surface area contributed by atoms with Gasteiger partial charge in [-0.3, -0.25) is 0 Å². The fraction of sp³-hybridized carbons (Fsp3) is 0.750. The molecule has 1 aliphatic heterocycles. The maximum atomic E-state index is 4.25. The molecule has 0 spiro atoms. The summed E-state index contributed by atoms with van der Waals surface area (Å²) in [7, 11) is 4.23. The maximum Gasteiger partial charge on any atom is 0.202 e. The molecule has 1 aromatic rings. The van der Waals surface area contributed by atoms with E-state index in [9.17, 15) is 0 Å². The van der Waals surface area contributed by atoms with Crippen molar-refractivity contribution in [2.75, 3.05) is 32.0 Å². The Morgan fingerprint density at radius 1 is 1.38 bits per heavy atom. The molecule has 1 N–H and O–H groups in total. The van der Waals surface area contributed by atoms with Crippen LogP contribution in [0.2, 0.25) is 0 Å². The number of aromatic nitrogens is 2. The molecule has 90 valence electrons. The largest absolute Gasteiger partial charge is 0.356 e. The first-order valence-corrected chi connectivity index (χ1v) is 6.15. The fourth-order valence-electron chi connectivity index (χ4n) is 2.27. The molecule has 0 saturated carbocycles. The van der Waals surface area contributed by atoms with Crippen molar-refractivity contribution in [3.05, 3.63) is 12.4 Å². The molecular weight excluding hydrogens is 200 g/mol. The molecule has 0 amide bonds. The van der Waals surface area contributed by atoms with Crippen LogP contribution >= 0.6 is 0 Å². The molecule has 0 bridgehead atoms. The third-order valence-corrected chi connectivity index (χ3v) is 3.50. The van der Waals surface area contributed by atoms with E-state index in [2.05, 4.69) is 22.2 Å². The summed E-state index contributed by atoms with van der Waals surface area (Å²) in [5.74, 6) is 1.87. The zero-order valence-electron chi connectivity index (χ0n) is 10.3. The van der Waals surface area contributed by atoms with Gasteiger partial charge in [-0.05, 0) is 45.3 Å². The Hall–Kier alpha value is -1.03. The number of hydrogen-bond acceptors (Lipinski definition) is 3. The Labute approximate surface area is 97.7 Å². The van der Waals surface area contributed by atoms with Gasteiger partial charge in [0.05, 0.1) is 0 Å². The first-order chi connectivity index (χ1) is 7.75. The molecule has 2 heterocycles. The van der Waals surface area contributed by atoms with Crippen LogP contribution in [0.3, 0.4) is 0 Å². The second kappa shape index (κ2) is 5.34. The summed E-state index contributed by atoms with van der Waals surface area (Å²) in [6.07, 6.45) is 7.76. The van der Waals surface area contributed by atoms with Crippen molar-refractivity contribution < 1.29 is 0 Å². The van der Waals surface area contributed by atoms with Crippen molar-refractivity contribution in [2.45, 2.75) is 19.3 Å². The van der Waals surface area contributed by atoms with Crippen LogP contribution in [-0.2, 0) is 7.05 Å². The van der Waals surface area contributed by atoms with Crippen LogP contribution in [0.15, 0.2) is 12.4 Å². The molecule has 0 unspecified atom stereocenters. The van der Waals surface area contributed by atoms with E-state index in [0.29, 0.717) is 0 Å².